The van der Waals surface area contributed by atoms with Crippen molar-refractivity contribution in [1.29, 1.82) is 0 Å². The van der Waals surface area contributed by atoms with E-state index in [1.54, 1.807) is 6.08 Å². The van der Waals surface area contributed by atoms with Crippen LogP contribution in [0, 0.1) is 24.2 Å². The summed E-state index contributed by atoms with van der Waals surface area (Å²) < 4.78 is 5.26. The second-order valence-corrected chi connectivity index (χ2v) is 3.22. The number of ether oxygens (including phenoxy) is 1. The van der Waals surface area contributed by atoms with Crippen LogP contribution in [0.5, 0.6) is 0 Å². The van der Waals surface area contributed by atoms with Crippen molar-refractivity contribution in [1.82, 2.24) is 0 Å². The molecule has 0 aliphatic rings. The maximum atomic E-state index is 5.26. The zero-order chi connectivity index (χ0) is 11.4. The summed E-state index contributed by atoms with van der Waals surface area (Å²) in [6.45, 7) is 4.74. The van der Waals surface area contributed by atoms with Gasteiger partial charge in [0.1, 0.15) is 0 Å². The molecule has 0 spiro atoms. The summed E-state index contributed by atoms with van der Waals surface area (Å²) >= 11 is 0. The van der Waals surface area contributed by atoms with E-state index in [1.807, 2.05) is 6.92 Å². The molecule has 0 aliphatic heterocycles. The normalized spacial score (nSPS) is 10.1. The van der Waals surface area contributed by atoms with E-state index in [1.165, 1.54) is 19.3 Å². The van der Waals surface area contributed by atoms with Gasteiger partial charge in [0.15, 0.2) is 5.76 Å². The number of terminal acetylenes is 1. The summed E-state index contributed by atoms with van der Waals surface area (Å²) in [5.74, 6) is 9.05. The monoisotopic (exact) mass is 204 g/mol. The SMILES string of the molecule is C#C/C=C(/C#CCCCCCC)OCC. The molecule has 0 heterocycles. The predicted octanol–water partition coefficient (Wildman–Crippen LogP) is 3.51. The van der Waals surface area contributed by atoms with Crippen LogP contribution in [0.15, 0.2) is 11.8 Å². The molecule has 0 amide bonds. The smallest absolute Gasteiger partial charge is 0.178 e. The molecule has 0 aromatic rings. The van der Waals surface area contributed by atoms with Crippen molar-refractivity contribution in [3.8, 4) is 24.2 Å². The molecule has 1 nitrogen and oxygen atoms in total. The van der Waals surface area contributed by atoms with Crippen molar-refractivity contribution in [3.63, 3.8) is 0 Å². The molecule has 82 valence electrons. The first kappa shape index (κ1) is 13.7. The Morgan fingerprint density at radius 3 is 2.67 bits per heavy atom. The second-order valence-electron chi connectivity index (χ2n) is 3.22. The number of unbranched alkanes of at least 4 members (excludes halogenated alkanes) is 4. The first-order valence-electron chi connectivity index (χ1n) is 5.63. The highest BCUT2D eigenvalue weighted by atomic mass is 16.5. The van der Waals surface area contributed by atoms with Crippen LogP contribution < -0.4 is 0 Å². The Bertz CT molecular complexity index is 270. The molecule has 0 atom stereocenters. The van der Waals surface area contributed by atoms with Gasteiger partial charge in [-0.25, -0.2) is 0 Å². The minimum absolute atomic E-state index is 0.607. The minimum atomic E-state index is 0.607. The van der Waals surface area contributed by atoms with Gasteiger partial charge in [-0.15, -0.1) is 6.42 Å². The van der Waals surface area contributed by atoms with Gasteiger partial charge in [0.25, 0.3) is 0 Å². The van der Waals surface area contributed by atoms with E-state index in [2.05, 4.69) is 24.7 Å². The van der Waals surface area contributed by atoms with Crippen LogP contribution in [0.2, 0.25) is 0 Å². The molecule has 1 heteroatoms. The van der Waals surface area contributed by atoms with Gasteiger partial charge >= 0.3 is 0 Å². The van der Waals surface area contributed by atoms with Crippen LogP contribution in [-0.2, 0) is 4.74 Å². The molecule has 15 heavy (non-hydrogen) atoms. The minimum Gasteiger partial charge on any atom is -0.485 e. The summed E-state index contributed by atoms with van der Waals surface area (Å²) in [6, 6.07) is 0. The van der Waals surface area contributed by atoms with Crippen LogP contribution >= 0.6 is 0 Å². The molecule has 0 aromatic carbocycles. The standard InChI is InChI=1S/C14H20O/c1-4-7-8-9-10-11-13-14(12-5-2)15-6-3/h2,12H,4,6-10H2,1,3H3/b14-12-. The molecule has 0 aliphatic carbocycles. The fourth-order valence-electron chi connectivity index (χ4n) is 1.13. The highest BCUT2D eigenvalue weighted by Gasteiger charge is 1.88. The molecular weight excluding hydrogens is 184 g/mol. The molecule has 0 unspecified atom stereocenters. The largest absolute Gasteiger partial charge is 0.485 e. The average Bonchev–Trinajstić information content (AvgIpc) is 2.24. The molecule has 0 rings (SSSR count). The predicted molar refractivity (Wildman–Crippen MR) is 65.1 cm³/mol. The first-order valence-corrected chi connectivity index (χ1v) is 5.63. The maximum absolute atomic E-state index is 5.26. The van der Waals surface area contributed by atoms with Crippen molar-refractivity contribution in [2.45, 2.75) is 46.0 Å². The van der Waals surface area contributed by atoms with E-state index < -0.39 is 0 Å². The lowest BCUT2D eigenvalue weighted by molar-refractivity contribution is 0.246. The van der Waals surface area contributed by atoms with Gasteiger partial charge in [-0.1, -0.05) is 38.0 Å². The molecule has 0 radical (unpaired) electrons. The van der Waals surface area contributed by atoms with Gasteiger partial charge in [0, 0.05) is 12.5 Å². The fraction of sp³-hybridized carbons (Fsp3) is 0.571. The summed E-state index contributed by atoms with van der Waals surface area (Å²) in [5, 5.41) is 0. The van der Waals surface area contributed by atoms with Crippen molar-refractivity contribution in [3.05, 3.63) is 11.8 Å². The van der Waals surface area contributed by atoms with E-state index in [0.29, 0.717) is 12.4 Å². The van der Waals surface area contributed by atoms with Crippen LogP contribution in [0.4, 0.5) is 0 Å². The summed E-state index contributed by atoms with van der Waals surface area (Å²) in [5.41, 5.74) is 0. The van der Waals surface area contributed by atoms with Gasteiger partial charge in [0.05, 0.1) is 6.61 Å². The quantitative estimate of drug-likeness (QED) is 0.365. The zero-order valence-electron chi connectivity index (χ0n) is 9.81. The third-order valence-electron chi connectivity index (χ3n) is 1.88. The van der Waals surface area contributed by atoms with Gasteiger partial charge in [0.2, 0.25) is 0 Å². The Morgan fingerprint density at radius 2 is 2.07 bits per heavy atom. The zero-order valence-corrected chi connectivity index (χ0v) is 9.81. The topological polar surface area (TPSA) is 9.23 Å². The average molecular weight is 204 g/mol. The van der Waals surface area contributed by atoms with Crippen LogP contribution in [0.3, 0.4) is 0 Å². The number of hydrogen-bond donors (Lipinski definition) is 0. The molecule has 0 aromatic heterocycles. The lowest BCUT2D eigenvalue weighted by atomic mass is 10.1. The fourth-order valence-corrected chi connectivity index (χ4v) is 1.13. The summed E-state index contributed by atoms with van der Waals surface area (Å²) in [6.07, 6.45) is 12.6. The Morgan fingerprint density at radius 1 is 1.27 bits per heavy atom. The Balaban J connectivity index is 3.81. The highest BCUT2D eigenvalue weighted by molar-refractivity contribution is 5.29. The van der Waals surface area contributed by atoms with Gasteiger partial charge in [-0.3, -0.25) is 0 Å². The van der Waals surface area contributed by atoms with E-state index in [-0.39, 0.29) is 0 Å². The van der Waals surface area contributed by atoms with Crippen LogP contribution in [0.25, 0.3) is 0 Å². The third-order valence-corrected chi connectivity index (χ3v) is 1.88. The lowest BCUT2D eigenvalue weighted by Crippen LogP contribution is -1.87. The first-order chi connectivity index (χ1) is 7.35. The van der Waals surface area contributed by atoms with Crippen molar-refractivity contribution in [2.75, 3.05) is 6.61 Å². The molecule has 0 fully saturated rings. The van der Waals surface area contributed by atoms with E-state index in [0.717, 1.165) is 12.8 Å². The lowest BCUT2D eigenvalue weighted by Gasteiger charge is -1.98. The third kappa shape index (κ3) is 8.98. The molecule has 0 bridgehead atoms. The Hall–Kier alpha value is -1.34. The Kier molecular flexibility index (Phi) is 9.78. The molecule has 0 saturated carbocycles. The Labute approximate surface area is 93.9 Å². The van der Waals surface area contributed by atoms with Crippen LogP contribution in [-0.4, -0.2) is 6.61 Å². The number of hydrogen-bond acceptors (Lipinski definition) is 1. The van der Waals surface area contributed by atoms with E-state index >= 15 is 0 Å². The molecule has 0 saturated heterocycles. The summed E-state index contributed by atoms with van der Waals surface area (Å²) in [7, 11) is 0. The number of rotatable bonds is 6. The molecule has 0 N–H and O–H groups in total. The van der Waals surface area contributed by atoms with Gasteiger partial charge < -0.3 is 4.74 Å². The summed E-state index contributed by atoms with van der Waals surface area (Å²) in [4.78, 5) is 0. The van der Waals surface area contributed by atoms with Crippen molar-refractivity contribution < 1.29 is 4.74 Å². The van der Waals surface area contributed by atoms with E-state index in [9.17, 15) is 0 Å². The molecular formula is C14H20O. The number of allylic oxidation sites excluding steroid dienone is 2. The highest BCUT2D eigenvalue weighted by Crippen LogP contribution is 2.01. The van der Waals surface area contributed by atoms with Gasteiger partial charge in [-0.05, 0) is 19.3 Å². The second kappa shape index (κ2) is 10.7. The van der Waals surface area contributed by atoms with E-state index in [4.69, 9.17) is 11.2 Å². The maximum Gasteiger partial charge on any atom is 0.178 e. The van der Waals surface area contributed by atoms with Crippen LogP contribution in [0.1, 0.15) is 46.0 Å². The van der Waals surface area contributed by atoms with Crippen molar-refractivity contribution in [2.24, 2.45) is 0 Å². The van der Waals surface area contributed by atoms with Gasteiger partial charge in [-0.2, -0.15) is 0 Å². The van der Waals surface area contributed by atoms with Crippen molar-refractivity contribution >= 4 is 0 Å².